The van der Waals surface area contributed by atoms with Gasteiger partial charge in [0, 0.05) is 7.05 Å². The van der Waals surface area contributed by atoms with Crippen LogP contribution in [0.1, 0.15) is 56.9 Å². The highest BCUT2D eigenvalue weighted by molar-refractivity contribution is 9.10. The predicted molar refractivity (Wildman–Crippen MR) is 114 cm³/mol. The number of ether oxygens (including phenoxy) is 1. The molecule has 1 heterocycles. The Morgan fingerprint density at radius 3 is 2.66 bits per heavy atom. The van der Waals surface area contributed by atoms with E-state index in [0.29, 0.717) is 12.2 Å². The lowest BCUT2D eigenvalue weighted by Gasteiger charge is -2.22. The van der Waals surface area contributed by atoms with Gasteiger partial charge >= 0.3 is 6.03 Å². The van der Waals surface area contributed by atoms with Crippen LogP contribution < -0.4 is 10.1 Å². The molecule has 29 heavy (non-hydrogen) atoms. The highest BCUT2D eigenvalue weighted by atomic mass is 79.9. The molecule has 1 aliphatic carbocycles. The highest BCUT2D eigenvalue weighted by Gasteiger charge is 2.33. The second-order valence-corrected chi connectivity index (χ2v) is 8.57. The number of nitrogens with one attached hydrogen (secondary N) is 1. The van der Waals surface area contributed by atoms with Crippen LogP contribution in [0.4, 0.5) is 4.79 Å². The lowest BCUT2D eigenvalue weighted by Crippen LogP contribution is -2.52. The van der Waals surface area contributed by atoms with Crippen LogP contribution in [-0.4, -0.2) is 36.4 Å². The molecule has 3 rings (SSSR count). The number of carbonyl (C=O) groups excluding carboxylic acids is 3. The molecule has 2 fully saturated rings. The Kier molecular flexibility index (Phi) is 7.47. The topological polar surface area (TPSA) is 75.7 Å². The average molecular weight is 463 g/mol. The number of imide groups is 2. The quantitative estimate of drug-likeness (QED) is 0.362. The van der Waals surface area contributed by atoms with Gasteiger partial charge in [0.15, 0.2) is 0 Å². The van der Waals surface area contributed by atoms with Crippen LogP contribution >= 0.6 is 15.9 Å². The molecule has 0 radical (unpaired) electrons. The number of rotatable bonds is 7. The molecule has 4 amide bonds. The summed E-state index contributed by atoms with van der Waals surface area (Å²) >= 11 is 3.49. The summed E-state index contributed by atoms with van der Waals surface area (Å²) in [6, 6.07) is 4.68. The number of carbonyl (C=O) groups is 3. The van der Waals surface area contributed by atoms with Gasteiger partial charge in [0.1, 0.15) is 11.3 Å². The lowest BCUT2D eigenvalue weighted by molar-refractivity contribution is -0.129. The fraction of sp³-hybridized carbons (Fsp3) is 0.500. The Bertz CT molecular complexity index is 815. The van der Waals surface area contributed by atoms with E-state index in [1.807, 2.05) is 6.07 Å². The molecule has 1 saturated heterocycles. The maximum absolute atomic E-state index is 12.2. The number of hydrogen-bond donors (Lipinski definition) is 1. The first kappa shape index (κ1) is 21.6. The summed E-state index contributed by atoms with van der Waals surface area (Å²) in [6.07, 6.45) is 11.9. The number of barbiturate groups is 1. The molecule has 1 N–H and O–H groups in total. The number of hydrogen-bond acceptors (Lipinski definition) is 4. The zero-order chi connectivity index (χ0) is 20.8. The summed E-state index contributed by atoms with van der Waals surface area (Å²) in [7, 11) is 1.33. The number of benzene rings is 1. The molecule has 156 valence electrons. The van der Waals surface area contributed by atoms with Gasteiger partial charge < -0.3 is 4.74 Å². The molecule has 1 saturated carbocycles. The molecule has 1 aliphatic heterocycles. The van der Waals surface area contributed by atoms with E-state index in [9.17, 15) is 14.4 Å². The molecule has 0 bridgehead atoms. The number of halogens is 1. The summed E-state index contributed by atoms with van der Waals surface area (Å²) in [5.41, 5.74) is 0.596. The van der Waals surface area contributed by atoms with Gasteiger partial charge in [0.25, 0.3) is 11.8 Å². The molecular formula is C22H27BrN2O4. The summed E-state index contributed by atoms with van der Waals surface area (Å²) in [6.45, 7) is 0.666. The summed E-state index contributed by atoms with van der Waals surface area (Å²) in [5.74, 6) is 0.328. The Labute approximate surface area is 179 Å². The second-order valence-electron chi connectivity index (χ2n) is 7.72. The molecule has 2 aliphatic rings. The van der Waals surface area contributed by atoms with E-state index in [0.717, 1.165) is 27.5 Å². The van der Waals surface area contributed by atoms with Crippen LogP contribution in [0.3, 0.4) is 0 Å². The van der Waals surface area contributed by atoms with Crippen LogP contribution in [0, 0.1) is 5.92 Å². The molecule has 0 atom stereocenters. The fourth-order valence-corrected chi connectivity index (χ4v) is 4.34. The van der Waals surface area contributed by atoms with Crippen LogP contribution in [-0.2, 0) is 9.59 Å². The van der Waals surface area contributed by atoms with Crippen molar-refractivity contribution in [2.45, 2.75) is 51.4 Å². The van der Waals surface area contributed by atoms with Gasteiger partial charge in [-0.25, -0.2) is 4.79 Å². The smallest absolute Gasteiger partial charge is 0.331 e. The minimum Gasteiger partial charge on any atom is -0.492 e. The molecule has 0 unspecified atom stereocenters. The van der Waals surface area contributed by atoms with Gasteiger partial charge in [0.05, 0.1) is 11.1 Å². The first-order valence-corrected chi connectivity index (χ1v) is 11.0. The Balaban J connectivity index is 1.52. The van der Waals surface area contributed by atoms with Gasteiger partial charge in [-0.15, -0.1) is 0 Å². The predicted octanol–water partition coefficient (Wildman–Crippen LogP) is 4.67. The first-order valence-electron chi connectivity index (χ1n) is 10.2. The lowest BCUT2D eigenvalue weighted by atomic mass is 9.86. The number of unbranched alkanes of at least 4 members (excludes halogenated alkanes) is 1. The van der Waals surface area contributed by atoms with Crippen molar-refractivity contribution in [3.8, 4) is 5.75 Å². The van der Waals surface area contributed by atoms with E-state index in [2.05, 4.69) is 21.2 Å². The molecule has 7 heteroatoms. The monoisotopic (exact) mass is 462 g/mol. The molecule has 6 nitrogen and oxygen atoms in total. The average Bonchev–Trinajstić information content (AvgIpc) is 2.71. The standard InChI is InChI=1S/C22H27BrN2O4/c1-25-21(27)17(20(26)24-22(25)28)13-16-10-11-19(18(23)14-16)29-12-6-5-9-15-7-3-2-4-8-15/h10-11,13-15H,2-9,12H2,1H3,(H,24,26,28)/b17-13-. The van der Waals surface area contributed by atoms with Gasteiger partial charge in [-0.3, -0.25) is 19.8 Å². The van der Waals surface area contributed by atoms with Crippen molar-refractivity contribution in [3.63, 3.8) is 0 Å². The van der Waals surface area contributed by atoms with Crippen molar-refractivity contribution < 1.29 is 19.1 Å². The number of amides is 4. The first-order chi connectivity index (χ1) is 14.0. The molecule has 1 aromatic carbocycles. The van der Waals surface area contributed by atoms with E-state index in [4.69, 9.17) is 4.74 Å². The molecule has 0 aromatic heterocycles. The van der Waals surface area contributed by atoms with Crippen molar-refractivity contribution in [1.29, 1.82) is 0 Å². The van der Waals surface area contributed by atoms with E-state index in [1.165, 1.54) is 58.1 Å². The van der Waals surface area contributed by atoms with Gasteiger partial charge in [0.2, 0.25) is 0 Å². The van der Waals surface area contributed by atoms with Gasteiger partial charge in [-0.2, -0.15) is 0 Å². The summed E-state index contributed by atoms with van der Waals surface area (Å²) < 4.78 is 6.63. The van der Waals surface area contributed by atoms with E-state index in [-0.39, 0.29) is 5.57 Å². The van der Waals surface area contributed by atoms with Crippen LogP contribution in [0.5, 0.6) is 5.75 Å². The maximum Gasteiger partial charge on any atom is 0.331 e. The third-order valence-corrected chi connectivity index (χ3v) is 6.18. The van der Waals surface area contributed by atoms with Crippen molar-refractivity contribution in [3.05, 3.63) is 33.8 Å². The Morgan fingerprint density at radius 2 is 1.93 bits per heavy atom. The SMILES string of the molecule is CN1C(=O)NC(=O)/C(=C/c2ccc(OCCCCC3CCCCC3)c(Br)c2)C1=O. The number of likely N-dealkylation sites (N-methyl/N-ethyl adjacent to an activating group) is 1. The zero-order valence-corrected chi connectivity index (χ0v) is 18.3. The Hall–Kier alpha value is -2.15. The largest absolute Gasteiger partial charge is 0.492 e. The Morgan fingerprint density at radius 1 is 1.17 bits per heavy atom. The van der Waals surface area contributed by atoms with E-state index < -0.39 is 17.8 Å². The minimum absolute atomic E-state index is 0.0737. The zero-order valence-electron chi connectivity index (χ0n) is 16.7. The third-order valence-electron chi connectivity index (χ3n) is 5.56. The number of urea groups is 1. The molecule has 0 spiro atoms. The van der Waals surface area contributed by atoms with Crippen LogP contribution in [0.25, 0.3) is 6.08 Å². The van der Waals surface area contributed by atoms with Crippen molar-refractivity contribution in [1.82, 2.24) is 10.2 Å². The van der Waals surface area contributed by atoms with Crippen molar-refractivity contribution in [2.24, 2.45) is 5.92 Å². The third kappa shape index (κ3) is 5.69. The number of nitrogens with zero attached hydrogens (tertiary/aromatic N) is 1. The van der Waals surface area contributed by atoms with E-state index >= 15 is 0 Å². The van der Waals surface area contributed by atoms with Crippen LogP contribution in [0.15, 0.2) is 28.2 Å². The van der Waals surface area contributed by atoms with E-state index in [1.54, 1.807) is 12.1 Å². The summed E-state index contributed by atoms with van der Waals surface area (Å²) in [4.78, 5) is 36.5. The maximum atomic E-state index is 12.2. The minimum atomic E-state index is -0.717. The van der Waals surface area contributed by atoms with Crippen molar-refractivity contribution in [2.75, 3.05) is 13.7 Å². The fourth-order valence-electron chi connectivity index (χ4n) is 3.83. The van der Waals surface area contributed by atoms with Gasteiger partial charge in [-0.1, -0.05) is 44.6 Å². The molecule has 1 aromatic rings. The van der Waals surface area contributed by atoms with Crippen LogP contribution in [0.2, 0.25) is 0 Å². The molecular weight excluding hydrogens is 436 g/mol. The normalized spacial score (nSPS) is 19.6. The van der Waals surface area contributed by atoms with Crippen molar-refractivity contribution >= 4 is 39.9 Å². The second kappa shape index (κ2) is 10.1. The summed E-state index contributed by atoms with van der Waals surface area (Å²) in [5, 5.41) is 2.14. The van der Waals surface area contributed by atoms with Gasteiger partial charge in [-0.05, 0) is 58.5 Å². The highest BCUT2D eigenvalue weighted by Crippen LogP contribution is 2.29.